The molecule has 0 heteroatoms. The van der Waals surface area contributed by atoms with Gasteiger partial charge >= 0.3 is 0 Å². The predicted molar refractivity (Wildman–Crippen MR) is 69.0 cm³/mol. The van der Waals surface area contributed by atoms with Crippen LogP contribution in [0.15, 0.2) is 48.1 Å². The summed E-state index contributed by atoms with van der Waals surface area (Å²) in [5.74, 6) is 3.32. The lowest BCUT2D eigenvalue weighted by Crippen LogP contribution is -2.16. The number of fused-ring (bicyclic) bond motifs is 1. The van der Waals surface area contributed by atoms with Gasteiger partial charge in [0.1, 0.15) is 0 Å². The molecule has 4 unspecified atom stereocenters. The molecule has 0 aromatic carbocycles. The van der Waals surface area contributed by atoms with E-state index in [2.05, 4.69) is 49.5 Å². The number of allylic oxidation sites excluding steroid dienone is 8. The second-order valence-electron chi connectivity index (χ2n) is 5.30. The maximum absolute atomic E-state index is 2.45. The molecule has 3 aliphatic rings. The fourth-order valence-electron chi connectivity index (χ4n) is 3.82. The van der Waals surface area contributed by atoms with Crippen molar-refractivity contribution in [2.45, 2.75) is 26.2 Å². The minimum atomic E-state index is 0.807. The zero-order valence-electron chi connectivity index (χ0n) is 9.97. The van der Waals surface area contributed by atoms with Gasteiger partial charge in [-0.3, -0.25) is 0 Å². The van der Waals surface area contributed by atoms with Crippen LogP contribution in [0.3, 0.4) is 0 Å². The van der Waals surface area contributed by atoms with E-state index in [4.69, 9.17) is 0 Å². The molecule has 0 saturated heterocycles. The van der Waals surface area contributed by atoms with Gasteiger partial charge in [0, 0.05) is 0 Å². The Morgan fingerprint density at radius 3 is 2.81 bits per heavy atom. The van der Waals surface area contributed by atoms with Gasteiger partial charge in [0.15, 0.2) is 0 Å². The van der Waals surface area contributed by atoms with Gasteiger partial charge in [-0.2, -0.15) is 0 Å². The quantitative estimate of drug-likeness (QED) is 0.641. The minimum Gasteiger partial charge on any atom is -0.0808 e. The third kappa shape index (κ3) is 1.52. The Morgan fingerprint density at radius 2 is 2.06 bits per heavy atom. The maximum Gasteiger partial charge on any atom is -0.0130 e. The molecule has 4 atom stereocenters. The van der Waals surface area contributed by atoms with Crippen molar-refractivity contribution in [1.29, 1.82) is 0 Å². The molecule has 0 N–H and O–H groups in total. The first kappa shape index (κ1) is 10.1. The molecule has 1 saturated carbocycles. The molecule has 0 aromatic heterocycles. The topological polar surface area (TPSA) is 0 Å². The van der Waals surface area contributed by atoms with Crippen molar-refractivity contribution in [3.8, 4) is 0 Å². The second kappa shape index (κ2) is 4.08. The maximum atomic E-state index is 2.45. The SMILES string of the molecule is CCC1C(C2=CC=CC2)CC2C=CC=CC21. The summed E-state index contributed by atoms with van der Waals surface area (Å²) in [5.41, 5.74) is 1.68. The zero-order chi connectivity index (χ0) is 11.0. The first-order chi connectivity index (χ1) is 7.90. The molecule has 84 valence electrons. The van der Waals surface area contributed by atoms with Gasteiger partial charge in [0.2, 0.25) is 0 Å². The standard InChI is InChI=1S/C16H20/c1-2-14-15-10-6-5-9-13(15)11-16(14)12-7-3-4-8-12/h3-7,9-10,13-16H,2,8,11H2,1H3. The Hall–Kier alpha value is -1.04. The Morgan fingerprint density at radius 1 is 1.19 bits per heavy atom. The summed E-state index contributed by atoms with van der Waals surface area (Å²) in [7, 11) is 0. The highest BCUT2D eigenvalue weighted by Gasteiger charge is 2.41. The molecular weight excluding hydrogens is 192 g/mol. The van der Waals surface area contributed by atoms with Gasteiger partial charge in [-0.1, -0.05) is 61.4 Å². The average molecular weight is 212 g/mol. The van der Waals surface area contributed by atoms with Gasteiger partial charge in [0.25, 0.3) is 0 Å². The van der Waals surface area contributed by atoms with Gasteiger partial charge < -0.3 is 0 Å². The van der Waals surface area contributed by atoms with Crippen molar-refractivity contribution < 1.29 is 0 Å². The largest absolute Gasteiger partial charge is 0.0808 e. The van der Waals surface area contributed by atoms with Crippen LogP contribution in [0.25, 0.3) is 0 Å². The number of rotatable bonds is 2. The van der Waals surface area contributed by atoms with Crippen LogP contribution in [0.5, 0.6) is 0 Å². The Kier molecular flexibility index (Phi) is 2.59. The molecule has 3 rings (SSSR count). The molecule has 0 aliphatic heterocycles. The second-order valence-corrected chi connectivity index (χ2v) is 5.30. The van der Waals surface area contributed by atoms with Crippen LogP contribution in [0.4, 0.5) is 0 Å². The highest BCUT2D eigenvalue weighted by molar-refractivity contribution is 5.29. The normalized spacial score (nSPS) is 40.2. The lowest BCUT2D eigenvalue weighted by Gasteiger charge is -2.24. The van der Waals surface area contributed by atoms with Crippen molar-refractivity contribution in [3.63, 3.8) is 0 Å². The van der Waals surface area contributed by atoms with E-state index < -0.39 is 0 Å². The molecule has 1 fully saturated rings. The molecule has 0 nitrogen and oxygen atoms in total. The Labute approximate surface area is 98.4 Å². The van der Waals surface area contributed by atoms with E-state index in [-0.39, 0.29) is 0 Å². The monoisotopic (exact) mass is 212 g/mol. The summed E-state index contributed by atoms with van der Waals surface area (Å²) in [4.78, 5) is 0. The lowest BCUT2D eigenvalue weighted by atomic mass is 9.81. The molecule has 3 aliphatic carbocycles. The predicted octanol–water partition coefficient (Wildman–Crippen LogP) is 4.28. The van der Waals surface area contributed by atoms with Crippen LogP contribution < -0.4 is 0 Å². The first-order valence-electron chi connectivity index (χ1n) is 6.60. The van der Waals surface area contributed by atoms with Crippen molar-refractivity contribution in [2.24, 2.45) is 23.7 Å². The van der Waals surface area contributed by atoms with Crippen LogP contribution in [0.2, 0.25) is 0 Å². The van der Waals surface area contributed by atoms with Crippen molar-refractivity contribution in [3.05, 3.63) is 48.1 Å². The van der Waals surface area contributed by atoms with E-state index in [1.807, 2.05) is 0 Å². The average Bonchev–Trinajstić information content (AvgIpc) is 2.95. The fraction of sp³-hybridized carbons (Fsp3) is 0.500. The molecule has 16 heavy (non-hydrogen) atoms. The van der Waals surface area contributed by atoms with E-state index in [0.717, 1.165) is 23.7 Å². The van der Waals surface area contributed by atoms with Crippen LogP contribution >= 0.6 is 0 Å². The smallest absolute Gasteiger partial charge is 0.0130 e. The summed E-state index contributed by atoms with van der Waals surface area (Å²) in [5, 5.41) is 0. The van der Waals surface area contributed by atoms with Crippen molar-refractivity contribution in [2.75, 3.05) is 0 Å². The summed E-state index contributed by atoms with van der Waals surface area (Å²) in [6.45, 7) is 2.36. The molecule has 0 heterocycles. The fourth-order valence-corrected chi connectivity index (χ4v) is 3.82. The summed E-state index contributed by atoms with van der Waals surface area (Å²) in [6, 6.07) is 0. The van der Waals surface area contributed by atoms with E-state index in [0.29, 0.717) is 0 Å². The first-order valence-corrected chi connectivity index (χ1v) is 6.60. The summed E-state index contributed by atoms with van der Waals surface area (Å²) >= 11 is 0. The number of hydrogen-bond donors (Lipinski definition) is 0. The van der Waals surface area contributed by atoms with E-state index >= 15 is 0 Å². The van der Waals surface area contributed by atoms with Crippen LogP contribution in [-0.4, -0.2) is 0 Å². The number of hydrogen-bond acceptors (Lipinski definition) is 0. The van der Waals surface area contributed by atoms with E-state index in [1.165, 1.54) is 19.3 Å². The molecular formula is C16H20. The molecule has 0 amide bonds. The minimum absolute atomic E-state index is 0.807. The van der Waals surface area contributed by atoms with Gasteiger partial charge in [-0.05, 0) is 36.5 Å². The zero-order valence-corrected chi connectivity index (χ0v) is 9.97. The third-order valence-corrected chi connectivity index (χ3v) is 4.58. The van der Waals surface area contributed by atoms with E-state index in [9.17, 15) is 0 Å². The Balaban J connectivity index is 1.85. The van der Waals surface area contributed by atoms with Crippen LogP contribution in [0, 0.1) is 23.7 Å². The lowest BCUT2D eigenvalue weighted by molar-refractivity contribution is 0.359. The highest BCUT2D eigenvalue weighted by atomic mass is 14.5. The van der Waals surface area contributed by atoms with Crippen LogP contribution in [-0.2, 0) is 0 Å². The summed E-state index contributed by atoms with van der Waals surface area (Å²) < 4.78 is 0. The van der Waals surface area contributed by atoms with Gasteiger partial charge in [-0.25, -0.2) is 0 Å². The third-order valence-electron chi connectivity index (χ3n) is 4.58. The van der Waals surface area contributed by atoms with Gasteiger partial charge in [-0.15, -0.1) is 0 Å². The highest BCUT2D eigenvalue weighted by Crippen LogP contribution is 2.50. The van der Waals surface area contributed by atoms with Gasteiger partial charge in [0.05, 0.1) is 0 Å². The summed E-state index contributed by atoms with van der Waals surface area (Å²) in [6.07, 6.45) is 20.1. The molecule has 0 aromatic rings. The van der Waals surface area contributed by atoms with Crippen molar-refractivity contribution >= 4 is 0 Å². The Bertz CT molecular complexity index is 381. The molecule has 0 bridgehead atoms. The van der Waals surface area contributed by atoms with E-state index in [1.54, 1.807) is 5.57 Å². The molecule has 0 spiro atoms. The van der Waals surface area contributed by atoms with Crippen LogP contribution in [0.1, 0.15) is 26.2 Å². The molecule has 0 radical (unpaired) electrons. The van der Waals surface area contributed by atoms with Crippen molar-refractivity contribution in [1.82, 2.24) is 0 Å².